The Balaban J connectivity index is 4.20. The van der Waals surface area contributed by atoms with Crippen LogP contribution in [0, 0.1) is 0 Å². The van der Waals surface area contributed by atoms with Crippen LogP contribution in [0.4, 0.5) is 0 Å². The lowest BCUT2D eigenvalue weighted by Gasteiger charge is -2.18. The van der Waals surface area contributed by atoms with Crippen LogP contribution in [0.3, 0.4) is 0 Å². The topological polar surface area (TPSA) is 78.9 Å². The molecule has 0 aromatic rings. The highest BCUT2D eigenvalue weighted by Gasteiger charge is 2.19. The van der Waals surface area contributed by atoms with Crippen molar-refractivity contribution >= 4 is 17.9 Å². The summed E-state index contributed by atoms with van der Waals surface area (Å²) in [7, 11) is 0. The van der Waals surface area contributed by atoms with E-state index in [4.69, 9.17) is 14.2 Å². The molecule has 76 heavy (non-hydrogen) atoms. The second kappa shape index (κ2) is 63.9. The predicted octanol–water partition coefficient (Wildman–Crippen LogP) is 22.0. The summed E-state index contributed by atoms with van der Waals surface area (Å²) < 4.78 is 16.9. The SMILES string of the molecule is CC/C=C\C/C=C\C/C=C\C/C=C\C/C=C\C/C=C\CCCCCCCCCCCCCCC(=O)OCC(COC(=O)CCCCCCC/C=C\CCCC)OC(=O)CCCCCCC/C=C\CCCCCCCCC. The van der Waals surface area contributed by atoms with Crippen LogP contribution < -0.4 is 0 Å². The lowest BCUT2D eigenvalue weighted by atomic mass is 10.0. The van der Waals surface area contributed by atoms with Gasteiger partial charge >= 0.3 is 17.9 Å². The molecular formula is C70H120O6. The standard InChI is InChI=1S/C70H120O6/c1-4-7-10-13-16-19-22-24-26-28-29-30-31-32-33-34-35-36-37-38-39-40-41-42-44-45-48-51-54-57-60-63-69(72)75-66-67(65-74-68(71)62-59-56-53-50-47-21-18-15-12-9-6-3)76-70(73)64-61-58-55-52-49-46-43-27-25-23-20-17-14-11-8-5-2/h7,10,15-16,18-19,24,26-27,29-30,32-33,35-36,43,67H,4-6,8-9,11-14,17,20-23,25,28,31,34,37-42,44-66H2,1-3H3/b10-7-,18-15-,19-16-,26-24-,30-29-,33-32-,36-35-,43-27-. The van der Waals surface area contributed by atoms with E-state index in [-0.39, 0.29) is 31.1 Å². The van der Waals surface area contributed by atoms with E-state index in [1.54, 1.807) is 0 Å². The Morgan fingerprint density at radius 2 is 0.526 bits per heavy atom. The Morgan fingerprint density at radius 1 is 0.276 bits per heavy atom. The predicted molar refractivity (Wildman–Crippen MR) is 330 cm³/mol. The fourth-order valence-electron chi connectivity index (χ4n) is 8.95. The molecule has 0 aliphatic heterocycles. The van der Waals surface area contributed by atoms with Crippen molar-refractivity contribution in [2.75, 3.05) is 13.2 Å². The van der Waals surface area contributed by atoms with Gasteiger partial charge in [0.2, 0.25) is 0 Å². The van der Waals surface area contributed by atoms with Crippen LogP contribution in [0.15, 0.2) is 97.2 Å². The number of carbonyl (C=O) groups is 3. The first kappa shape index (κ1) is 72.3. The number of unbranched alkanes of at least 4 members (excludes halogenated alkanes) is 31. The first-order valence-corrected chi connectivity index (χ1v) is 32.2. The first-order chi connectivity index (χ1) is 37.5. The third kappa shape index (κ3) is 61.2. The minimum atomic E-state index is -0.785. The highest BCUT2D eigenvalue weighted by atomic mass is 16.6. The van der Waals surface area contributed by atoms with Crippen molar-refractivity contribution in [3.8, 4) is 0 Å². The van der Waals surface area contributed by atoms with Crippen LogP contribution in [-0.2, 0) is 28.6 Å². The van der Waals surface area contributed by atoms with Gasteiger partial charge in [-0.3, -0.25) is 14.4 Å². The summed E-state index contributed by atoms with van der Waals surface area (Å²) in [5.41, 5.74) is 0. The van der Waals surface area contributed by atoms with Crippen molar-refractivity contribution in [2.45, 2.75) is 316 Å². The van der Waals surface area contributed by atoms with Gasteiger partial charge in [-0.05, 0) is 116 Å². The average Bonchev–Trinajstić information content (AvgIpc) is 3.42. The monoisotopic (exact) mass is 1060 g/mol. The molecular weight excluding hydrogens is 937 g/mol. The maximum absolute atomic E-state index is 12.9. The zero-order chi connectivity index (χ0) is 55.0. The highest BCUT2D eigenvalue weighted by molar-refractivity contribution is 5.71. The van der Waals surface area contributed by atoms with E-state index in [9.17, 15) is 14.4 Å². The van der Waals surface area contributed by atoms with Gasteiger partial charge in [-0.15, -0.1) is 0 Å². The second-order valence-electron chi connectivity index (χ2n) is 21.3. The number of ether oxygens (including phenoxy) is 3. The molecule has 0 rings (SSSR count). The van der Waals surface area contributed by atoms with Crippen molar-refractivity contribution < 1.29 is 28.6 Å². The van der Waals surface area contributed by atoms with Gasteiger partial charge in [0.25, 0.3) is 0 Å². The molecule has 436 valence electrons. The molecule has 6 heteroatoms. The molecule has 1 atom stereocenters. The van der Waals surface area contributed by atoms with Gasteiger partial charge in [-0.25, -0.2) is 0 Å². The summed E-state index contributed by atoms with van der Waals surface area (Å²) in [6.45, 7) is 6.49. The van der Waals surface area contributed by atoms with Crippen molar-refractivity contribution in [1.29, 1.82) is 0 Å². The molecule has 0 bridgehead atoms. The Kier molecular flexibility index (Phi) is 60.8. The summed E-state index contributed by atoms with van der Waals surface area (Å²) in [5.74, 6) is -0.894. The largest absolute Gasteiger partial charge is 0.462 e. The first-order valence-electron chi connectivity index (χ1n) is 32.2. The third-order valence-corrected chi connectivity index (χ3v) is 13.8. The number of hydrogen-bond donors (Lipinski definition) is 0. The molecule has 0 heterocycles. The Morgan fingerprint density at radius 3 is 0.855 bits per heavy atom. The zero-order valence-corrected chi connectivity index (χ0v) is 50.0. The molecule has 0 amide bonds. The third-order valence-electron chi connectivity index (χ3n) is 13.8. The summed E-state index contributed by atoms with van der Waals surface area (Å²) in [6, 6.07) is 0. The summed E-state index contributed by atoms with van der Waals surface area (Å²) in [6.07, 6.45) is 85.6. The molecule has 0 spiro atoms. The Labute approximate surface area is 470 Å². The maximum atomic E-state index is 12.9. The second-order valence-corrected chi connectivity index (χ2v) is 21.3. The maximum Gasteiger partial charge on any atom is 0.306 e. The van der Waals surface area contributed by atoms with Crippen molar-refractivity contribution in [2.24, 2.45) is 0 Å². The van der Waals surface area contributed by atoms with E-state index in [0.29, 0.717) is 19.3 Å². The van der Waals surface area contributed by atoms with Crippen LogP contribution in [0.2, 0.25) is 0 Å². The number of esters is 3. The minimum Gasteiger partial charge on any atom is -0.462 e. The van der Waals surface area contributed by atoms with E-state index in [1.165, 1.54) is 154 Å². The van der Waals surface area contributed by atoms with Gasteiger partial charge in [0.15, 0.2) is 6.10 Å². The van der Waals surface area contributed by atoms with Crippen molar-refractivity contribution in [3.05, 3.63) is 97.2 Å². The molecule has 0 aromatic heterocycles. The average molecular weight is 1060 g/mol. The van der Waals surface area contributed by atoms with Crippen LogP contribution in [0.1, 0.15) is 310 Å². The highest BCUT2D eigenvalue weighted by Crippen LogP contribution is 2.16. The molecule has 0 saturated carbocycles. The summed E-state index contributed by atoms with van der Waals surface area (Å²) in [4.78, 5) is 38.2. The molecule has 0 aliphatic rings. The van der Waals surface area contributed by atoms with Gasteiger partial charge in [0.1, 0.15) is 13.2 Å². The zero-order valence-electron chi connectivity index (χ0n) is 50.0. The van der Waals surface area contributed by atoms with E-state index in [2.05, 4.69) is 118 Å². The Hall–Kier alpha value is -3.67. The molecule has 0 fully saturated rings. The molecule has 0 N–H and O–H groups in total. The molecule has 0 radical (unpaired) electrons. The van der Waals surface area contributed by atoms with Gasteiger partial charge in [0.05, 0.1) is 0 Å². The molecule has 1 unspecified atom stereocenters. The molecule has 0 aromatic carbocycles. The lowest BCUT2D eigenvalue weighted by Crippen LogP contribution is -2.30. The smallest absolute Gasteiger partial charge is 0.306 e. The number of rotatable bonds is 58. The van der Waals surface area contributed by atoms with Crippen LogP contribution in [0.25, 0.3) is 0 Å². The number of carbonyl (C=O) groups excluding carboxylic acids is 3. The Bertz CT molecular complexity index is 1490. The van der Waals surface area contributed by atoms with Crippen LogP contribution in [0.5, 0.6) is 0 Å². The molecule has 0 aliphatic carbocycles. The van der Waals surface area contributed by atoms with Gasteiger partial charge < -0.3 is 14.2 Å². The summed E-state index contributed by atoms with van der Waals surface area (Å²) >= 11 is 0. The normalized spacial score (nSPS) is 12.7. The van der Waals surface area contributed by atoms with Gasteiger partial charge in [-0.1, -0.05) is 272 Å². The van der Waals surface area contributed by atoms with E-state index >= 15 is 0 Å². The van der Waals surface area contributed by atoms with Crippen molar-refractivity contribution in [3.63, 3.8) is 0 Å². The fourth-order valence-corrected chi connectivity index (χ4v) is 8.95. The quantitative estimate of drug-likeness (QED) is 0.0261. The van der Waals surface area contributed by atoms with Crippen LogP contribution in [-0.4, -0.2) is 37.2 Å². The van der Waals surface area contributed by atoms with Gasteiger partial charge in [0, 0.05) is 19.3 Å². The van der Waals surface area contributed by atoms with E-state index in [0.717, 1.165) is 116 Å². The van der Waals surface area contributed by atoms with Crippen LogP contribution >= 0.6 is 0 Å². The van der Waals surface area contributed by atoms with Crippen molar-refractivity contribution in [1.82, 2.24) is 0 Å². The molecule has 6 nitrogen and oxygen atoms in total. The lowest BCUT2D eigenvalue weighted by molar-refractivity contribution is -0.167. The summed E-state index contributed by atoms with van der Waals surface area (Å²) in [5, 5.41) is 0. The van der Waals surface area contributed by atoms with Gasteiger partial charge in [-0.2, -0.15) is 0 Å². The number of allylic oxidation sites excluding steroid dienone is 16. The fraction of sp³-hybridized carbons (Fsp3) is 0.729. The van der Waals surface area contributed by atoms with E-state index < -0.39 is 6.10 Å². The minimum absolute atomic E-state index is 0.0826. The number of hydrogen-bond acceptors (Lipinski definition) is 6. The molecule has 0 saturated heterocycles. The van der Waals surface area contributed by atoms with E-state index in [1.807, 2.05) is 0 Å².